The maximum Gasteiger partial charge on any atom is 0.265 e. The van der Waals surface area contributed by atoms with Crippen molar-refractivity contribution in [2.75, 3.05) is 11.9 Å². The summed E-state index contributed by atoms with van der Waals surface area (Å²) in [6, 6.07) is 0.333. The molecule has 0 radical (unpaired) electrons. The minimum atomic E-state index is 0.131. The van der Waals surface area contributed by atoms with E-state index in [-0.39, 0.29) is 5.91 Å². The molecule has 2 heterocycles. The summed E-state index contributed by atoms with van der Waals surface area (Å²) in [6.07, 6.45) is 2.75. The summed E-state index contributed by atoms with van der Waals surface area (Å²) in [4.78, 5) is 18.8. The predicted octanol–water partition coefficient (Wildman–Crippen LogP) is 2.39. The van der Waals surface area contributed by atoms with E-state index in [1.807, 2.05) is 4.90 Å². The van der Waals surface area contributed by atoms with E-state index in [1.54, 1.807) is 11.7 Å². The van der Waals surface area contributed by atoms with E-state index in [1.165, 1.54) is 11.3 Å². The number of carbonyl (C=O) groups excluding carboxylic acids is 1. The second-order valence-corrected chi connectivity index (χ2v) is 5.39. The molecule has 1 amide bonds. The Morgan fingerprint density at radius 1 is 1.80 bits per heavy atom. The average Bonchev–Trinajstić information content (AvgIpc) is 2.85. The Morgan fingerprint density at radius 2 is 2.60 bits per heavy atom. The summed E-state index contributed by atoms with van der Waals surface area (Å²) in [5.41, 5.74) is 1.70. The third-order valence-corrected chi connectivity index (χ3v) is 4.37. The van der Waals surface area contributed by atoms with E-state index in [2.05, 4.69) is 27.8 Å². The van der Waals surface area contributed by atoms with Crippen molar-refractivity contribution in [2.24, 2.45) is 5.92 Å². The first kappa shape index (κ1) is 11.1. The molecule has 1 aromatic heterocycles. The van der Waals surface area contributed by atoms with Gasteiger partial charge in [0.15, 0.2) is 0 Å². The van der Waals surface area contributed by atoms with E-state index in [0.717, 1.165) is 23.2 Å². The quantitative estimate of drug-likeness (QED) is 0.783. The molecule has 15 heavy (non-hydrogen) atoms. The Balaban J connectivity index is 2.14. The minimum Gasteiger partial charge on any atom is -0.334 e. The highest BCUT2D eigenvalue weighted by Crippen LogP contribution is 2.27. The number of halogens is 1. The molecule has 1 aromatic rings. The lowest BCUT2D eigenvalue weighted by Gasteiger charge is -2.24. The lowest BCUT2D eigenvalue weighted by Crippen LogP contribution is -2.38. The van der Waals surface area contributed by atoms with E-state index < -0.39 is 0 Å². The number of alkyl halides is 1. The molecule has 5 heteroatoms. The van der Waals surface area contributed by atoms with Gasteiger partial charge in [-0.1, -0.05) is 22.9 Å². The van der Waals surface area contributed by atoms with Gasteiger partial charge in [-0.2, -0.15) is 0 Å². The van der Waals surface area contributed by atoms with Crippen LogP contribution in [-0.4, -0.2) is 33.7 Å². The maximum absolute atomic E-state index is 12.1. The highest BCUT2D eigenvalue weighted by atomic mass is 79.9. The molecule has 0 aromatic carbocycles. The topological polar surface area (TPSA) is 33.2 Å². The number of hydrogen-bond donors (Lipinski definition) is 0. The average molecular weight is 289 g/mol. The van der Waals surface area contributed by atoms with Gasteiger partial charge >= 0.3 is 0 Å². The summed E-state index contributed by atoms with van der Waals surface area (Å²) in [6.45, 7) is 3.07. The van der Waals surface area contributed by atoms with Crippen LogP contribution in [-0.2, 0) is 0 Å². The molecule has 0 N–H and O–H groups in total. The molecule has 0 saturated carbocycles. The molecule has 1 saturated heterocycles. The Kier molecular flexibility index (Phi) is 3.41. The molecular formula is C10H13BrN2OS. The smallest absolute Gasteiger partial charge is 0.265 e. The van der Waals surface area contributed by atoms with E-state index in [4.69, 9.17) is 0 Å². The second-order valence-electron chi connectivity index (χ2n) is 3.85. The number of hydrogen-bond acceptors (Lipinski definition) is 3. The van der Waals surface area contributed by atoms with Gasteiger partial charge in [0.25, 0.3) is 5.91 Å². The van der Waals surface area contributed by atoms with Crippen LogP contribution in [0.2, 0.25) is 0 Å². The maximum atomic E-state index is 12.1. The first-order chi connectivity index (χ1) is 7.24. The summed E-state index contributed by atoms with van der Waals surface area (Å²) >= 11 is 4.90. The number of nitrogens with zero attached hydrogens (tertiary/aromatic N) is 2. The predicted molar refractivity (Wildman–Crippen MR) is 64.5 cm³/mol. The first-order valence-corrected chi connectivity index (χ1v) is 6.99. The monoisotopic (exact) mass is 288 g/mol. The van der Waals surface area contributed by atoms with Crippen molar-refractivity contribution < 1.29 is 4.79 Å². The van der Waals surface area contributed by atoms with Crippen molar-refractivity contribution in [1.82, 2.24) is 9.88 Å². The molecule has 1 fully saturated rings. The summed E-state index contributed by atoms with van der Waals surface area (Å²) < 4.78 is 0. The number of carbonyl (C=O) groups is 1. The Labute approximate surface area is 102 Å². The van der Waals surface area contributed by atoms with E-state index in [9.17, 15) is 4.79 Å². The van der Waals surface area contributed by atoms with Crippen LogP contribution in [0.3, 0.4) is 0 Å². The molecule has 0 bridgehead atoms. The van der Waals surface area contributed by atoms with E-state index in [0.29, 0.717) is 12.0 Å². The fourth-order valence-electron chi connectivity index (χ4n) is 1.96. The number of amides is 1. The van der Waals surface area contributed by atoms with Crippen LogP contribution in [0.5, 0.6) is 0 Å². The zero-order valence-electron chi connectivity index (χ0n) is 8.52. The normalized spacial score (nSPS) is 25.9. The third kappa shape index (κ3) is 2.08. The fraction of sp³-hybridized carbons (Fsp3) is 0.600. The minimum absolute atomic E-state index is 0.131. The van der Waals surface area contributed by atoms with Gasteiger partial charge in [-0.25, -0.2) is 0 Å². The van der Waals surface area contributed by atoms with Crippen LogP contribution >= 0.6 is 27.3 Å². The van der Waals surface area contributed by atoms with Gasteiger partial charge in [0, 0.05) is 17.9 Å². The van der Waals surface area contributed by atoms with Crippen molar-refractivity contribution in [3.63, 3.8) is 0 Å². The molecule has 3 nitrogen and oxygen atoms in total. The van der Waals surface area contributed by atoms with Crippen LogP contribution in [0.25, 0.3) is 0 Å². The van der Waals surface area contributed by atoms with Crippen molar-refractivity contribution in [1.29, 1.82) is 0 Å². The number of likely N-dealkylation sites (tertiary alicyclic amines) is 1. The molecule has 0 spiro atoms. The lowest BCUT2D eigenvalue weighted by molar-refractivity contribution is 0.0743. The number of aromatic nitrogens is 1. The molecule has 82 valence electrons. The van der Waals surface area contributed by atoms with Crippen molar-refractivity contribution in [3.8, 4) is 0 Å². The fourth-order valence-corrected chi connectivity index (χ4v) is 3.52. The van der Waals surface area contributed by atoms with Gasteiger partial charge in [-0.3, -0.25) is 9.78 Å². The molecule has 1 aliphatic heterocycles. The van der Waals surface area contributed by atoms with Gasteiger partial charge in [-0.05, 0) is 12.3 Å². The third-order valence-electron chi connectivity index (χ3n) is 2.94. The highest BCUT2D eigenvalue weighted by Gasteiger charge is 2.34. The first-order valence-electron chi connectivity index (χ1n) is 4.99. The molecule has 1 aliphatic rings. The van der Waals surface area contributed by atoms with Crippen LogP contribution in [0.15, 0.2) is 11.7 Å². The zero-order valence-corrected chi connectivity index (χ0v) is 10.9. The zero-order chi connectivity index (χ0) is 10.8. The summed E-state index contributed by atoms with van der Waals surface area (Å²) in [5.74, 6) is 0.715. The number of rotatable bonds is 2. The van der Waals surface area contributed by atoms with Crippen LogP contribution < -0.4 is 0 Å². The van der Waals surface area contributed by atoms with E-state index >= 15 is 0 Å². The molecule has 2 atom stereocenters. The molecular weight excluding hydrogens is 276 g/mol. The van der Waals surface area contributed by atoms with Crippen LogP contribution in [0.4, 0.5) is 0 Å². The second kappa shape index (κ2) is 4.61. The van der Waals surface area contributed by atoms with Gasteiger partial charge in [0.2, 0.25) is 0 Å². The SMILES string of the molecule is CC1CCN(C(=O)c2cncs2)C1CBr. The largest absolute Gasteiger partial charge is 0.334 e. The Morgan fingerprint density at radius 3 is 3.20 bits per heavy atom. The summed E-state index contributed by atoms with van der Waals surface area (Å²) in [5, 5.41) is 0.860. The van der Waals surface area contributed by atoms with Crippen LogP contribution in [0.1, 0.15) is 23.0 Å². The molecule has 2 rings (SSSR count). The van der Waals surface area contributed by atoms with Gasteiger partial charge < -0.3 is 4.90 Å². The van der Waals surface area contributed by atoms with Gasteiger partial charge in [0.05, 0.1) is 11.7 Å². The van der Waals surface area contributed by atoms with Crippen molar-refractivity contribution in [3.05, 3.63) is 16.6 Å². The standard InChI is InChI=1S/C10H13BrN2OS/c1-7-2-3-13(8(7)4-11)10(14)9-5-12-6-15-9/h5-8H,2-4H2,1H3. The number of thiazole rings is 1. The molecule has 2 unspecified atom stereocenters. The highest BCUT2D eigenvalue weighted by molar-refractivity contribution is 9.09. The Bertz CT molecular complexity index is 341. The van der Waals surface area contributed by atoms with Gasteiger partial charge in [-0.15, -0.1) is 11.3 Å². The van der Waals surface area contributed by atoms with Gasteiger partial charge in [0.1, 0.15) is 4.88 Å². The summed E-state index contributed by atoms with van der Waals surface area (Å²) in [7, 11) is 0. The van der Waals surface area contributed by atoms with Crippen molar-refractivity contribution in [2.45, 2.75) is 19.4 Å². The lowest BCUT2D eigenvalue weighted by atomic mass is 10.1. The van der Waals surface area contributed by atoms with Crippen LogP contribution in [0, 0.1) is 5.92 Å². The van der Waals surface area contributed by atoms with Crippen molar-refractivity contribution >= 4 is 33.2 Å². The Hall–Kier alpha value is -0.420. The molecule has 0 aliphatic carbocycles.